The van der Waals surface area contributed by atoms with Gasteiger partial charge in [0.15, 0.2) is 5.96 Å². The summed E-state index contributed by atoms with van der Waals surface area (Å²) in [6, 6.07) is 13.5. The second-order valence-corrected chi connectivity index (χ2v) is 6.31. The van der Waals surface area contributed by atoms with Crippen LogP contribution in [0.25, 0.3) is 0 Å². The molecule has 0 amide bonds. The Labute approximate surface area is 179 Å². The Morgan fingerprint density at radius 2 is 1.74 bits per heavy atom. The molecule has 0 saturated carbocycles. The SMILES string of the molecule is CCCCCNC(=NCc1ccc(Cn2ccccc2=O)cc1)NCC.I. The van der Waals surface area contributed by atoms with Crippen molar-refractivity contribution in [3.05, 3.63) is 70.1 Å². The molecule has 0 fully saturated rings. The molecule has 1 heterocycles. The molecule has 2 rings (SSSR count). The van der Waals surface area contributed by atoms with Crippen LogP contribution in [0.2, 0.25) is 0 Å². The van der Waals surface area contributed by atoms with Crippen molar-refractivity contribution in [3.8, 4) is 0 Å². The van der Waals surface area contributed by atoms with Crippen molar-refractivity contribution in [2.24, 2.45) is 4.99 Å². The summed E-state index contributed by atoms with van der Waals surface area (Å²) in [6.45, 7) is 7.30. The predicted octanol–water partition coefficient (Wildman–Crippen LogP) is 3.76. The summed E-state index contributed by atoms with van der Waals surface area (Å²) >= 11 is 0. The Balaban J connectivity index is 0.00000364. The fraction of sp³-hybridized carbons (Fsp3) is 0.429. The predicted molar refractivity (Wildman–Crippen MR) is 124 cm³/mol. The number of unbranched alkanes of at least 4 members (excludes halogenated alkanes) is 2. The Bertz CT molecular complexity index is 740. The third-order valence-electron chi connectivity index (χ3n) is 4.11. The summed E-state index contributed by atoms with van der Waals surface area (Å²) < 4.78 is 1.71. The van der Waals surface area contributed by atoms with E-state index < -0.39 is 0 Å². The molecule has 0 bridgehead atoms. The number of halogens is 1. The average Bonchev–Trinajstić information content (AvgIpc) is 2.66. The third kappa shape index (κ3) is 8.60. The Hall–Kier alpha value is -1.83. The van der Waals surface area contributed by atoms with Crippen molar-refractivity contribution in [3.63, 3.8) is 0 Å². The van der Waals surface area contributed by atoms with E-state index in [0.717, 1.165) is 36.6 Å². The van der Waals surface area contributed by atoms with Gasteiger partial charge in [-0.3, -0.25) is 4.79 Å². The summed E-state index contributed by atoms with van der Waals surface area (Å²) in [5.74, 6) is 0.864. The van der Waals surface area contributed by atoms with Crippen molar-refractivity contribution < 1.29 is 0 Å². The van der Waals surface area contributed by atoms with Crippen LogP contribution in [0.15, 0.2) is 58.4 Å². The minimum absolute atomic E-state index is 0. The van der Waals surface area contributed by atoms with Crippen LogP contribution in [0.4, 0.5) is 0 Å². The lowest BCUT2D eigenvalue weighted by atomic mass is 10.1. The monoisotopic (exact) mass is 482 g/mol. The number of nitrogens with zero attached hydrogens (tertiary/aromatic N) is 2. The number of pyridine rings is 1. The summed E-state index contributed by atoms with van der Waals surface area (Å²) in [6.07, 6.45) is 5.43. The van der Waals surface area contributed by atoms with Gasteiger partial charge in [-0.1, -0.05) is 50.1 Å². The Morgan fingerprint density at radius 3 is 2.41 bits per heavy atom. The van der Waals surface area contributed by atoms with Crippen LogP contribution in [0.1, 0.15) is 44.2 Å². The fourth-order valence-corrected chi connectivity index (χ4v) is 2.63. The van der Waals surface area contributed by atoms with Crippen LogP contribution in [0.3, 0.4) is 0 Å². The first-order valence-corrected chi connectivity index (χ1v) is 9.48. The molecule has 5 nitrogen and oxygen atoms in total. The first kappa shape index (κ1) is 23.2. The standard InChI is InChI=1S/C21H30N4O.HI/c1-3-5-7-14-23-21(22-4-2)24-16-18-10-12-19(13-11-18)17-25-15-8-6-9-20(25)26;/h6,8-13,15H,3-5,7,14,16-17H2,1-2H3,(H2,22,23,24);1H. The zero-order valence-corrected chi connectivity index (χ0v) is 18.6. The smallest absolute Gasteiger partial charge is 0.250 e. The molecule has 0 spiro atoms. The maximum absolute atomic E-state index is 11.8. The maximum Gasteiger partial charge on any atom is 0.250 e. The van der Waals surface area contributed by atoms with Crippen LogP contribution < -0.4 is 16.2 Å². The molecule has 0 radical (unpaired) electrons. The van der Waals surface area contributed by atoms with Crippen LogP contribution in [0, 0.1) is 0 Å². The van der Waals surface area contributed by atoms with Crippen molar-refractivity contribution in [1.29, 1.82) is 0 Å². The molecule has 0 aliphatic carbocycles. The number of benzene rings is 1. The largest absolute Gasteiger partial charge is 0.357 e. The molecule has 1 aromatic carbocycles. The molecule has 0 unspecified atom stereocenters. The van der Waals surface area contributed by atoms with Gasteiger partial charge in [-0.05, 0) is 30.5 Å². The van der Waals surface area contributed by atoms with Gasteiger partial charge in [0.05, 0.1) is 13.1 Å². The number of aliphatic imine (C=N–C) groups is 1. The Kier molecular flexibility index (Phi) is 11.5. The maximum atomic E-state index is 11.8. The lowest BCUT2D eigenvalue weighted by Gasteiger charge is -2.11. The van der Waals surface area contributed by atoms with Gasteiger partial charge in [0.25, 0.3) is 5.56 Å². The van der Waals surface area contributed by atoms with Gasteiger partial charge in [0, 0.05) is 25.4 Å². The summed E-state index contributed by atoms with van der Waals surface area (Å²) in [7, 11) is 0. The quantitative estimate of drug-likeness (QED) is 0.248. The third-order valence-corrected chi connectivity index (χ3v) is 4.11. The Morgan fingerprint density at radius 1 is 1.00 bits per heavy atom. The molecule has 0 aliphatic heterocycles. The van der Waals surface area contributed by atoms with E-state index >= 15 is 0 Å². The molecular formula is C21H31IN4O. The molecule has 1 aromatic heterocycles. The summed E-state index contributed by atoms with van der Waals surface area (Å²) in [5.41, 5.74) is 2.28. The van der Waals surface area contributed by atoms with Crippen LogP contribution in [-0.2, 0) is 13.1 Å². The summed E-state index contributed by atoms with van der Waals surface area (Å²) in [4.78, 5) is 16.4. The van der Waals surface area contributed by atoms with Crippen molar-refractivity contribution in [2.45, 2.75) is 46.2 Å². The van der Waals surface area contributed by atoms with E-state index in [9.17, 15) is 4.79 Å². The van der Waals surface area contributed by atoms with E-state index in [1.807, 2.05) is 12.3 Å². The molecule has 0 saturated heterocycles. The van der Waals surface area contributed by atoms with E-state index in [0.29, 0.717) is 13.1 Å². The molecule has 27 heavy (non-hydrogen) atoms. The number of guanidine groups is 1. The van der Waals surface area contributed by atoms with Gasteiger partial charge in [-0.2, -0.15) is 0 Å². The highest BCUT2D eigenvalue weighted by molar-refractivity contribution is 14.0. The average molecular weight is 482 g/mol. The lowest BCUT2D eigenvalue weighted by Crippen LogP contribution is -2.37. The number of hydrogen-bond donors (Lipinski definition) is 2. The van der Waals surface area contributed by atoms with E-state index in [1.54, 1.807) is 16.7 Å². The van der Waals surface area contributed by atoms with Gasteiger partial charge in [-0.15, -0.1) is 24.0 Å². The summed E-state index contributed by atoms with van der Waals surface area (Å²) in [5, 5.41) is 6.66. The van der Waals surface area contributed by atoms with Crippen LogP contribution in [-0.4, -0.2) is 23.6 Å². The van der Waals surface area contributed by atoms with Crippen molar-refractivity contribution in [2.75, 3.05) is 13.1 Å². The van der Waals surface area contributed by atoms with E-state index in [4.69, 9.17) is 0 Å². The molecule has 2 aromatic rings. The first-order valence-electron chi connectivity index (χ1n) is 9.48. The van der Waals surface area contributed by atoms with Gasteiger partial charge in [0.1, 0.15) is 0 Å². The zero-order chi connectivity index (χ0) is 18.6. The minimum atomic E-state index is 0. The molecule has 2 N–H and O–H groups in total. The van der Waals surface area contributed by atoms with Gasteiger partial charge < -0.3 is 15.2 Å². The topological polar surface area (TPSA) is 58.4 Å². The van der Waals surface area contributed by atoms with E-state index in [-0.39, 0.29) is 29.5 Å². The zero-order valence-electron chi connectivity index (χ0n) is 16.3. The van der Waals surface area contributed by atoms with Crippen molar-refractivity contribution >= 4 is 29.9 Å². The molecule has 148 valence electrons. The highest BCUT2D eigenvalue weighted by Gasteiger charge is 2.00. The second kappa shape index (κ2) is 13.4. The lowest BCUT2D eigenvalue weighted by molar-refractivity contribution is 0.683. The van der Waals surface area contributed by atoms with Gasteiger partial charge in [0.2, 0.25) is 0 Å². The highest BCUT2D eigenvalue weighted by atomic mass is 127. The molecule has 0 aliphatic rings. The number of rotatable bonds is 9. The second-order valence-electron chi connectivity index (χ2n) is 6.31. The van der Waals surface area contributed by atoms with Gasteiger partial charge >= 0.3 is 0 Å². The first-order chi connectivity index (χ1) is 12.7. The van der Waals surface area contributed by atoms with Gasteiger partial charge in [-0.25, -0.2) is 4.99 Å². The van der Waals surface area contributed by atoms with Crippen LogP contribution >= 0.6 is 24.0 Å². The number of aromatic nitrogens is 1. The van der Waals surface area contributed by atoms with E-state index in [2.05, 4.69) is 53.7 Å². The molecule has 0 atom stereocenters. The fourth-order valence-electron chi connectivity index (χ4n) is 2.63. The normalized spacial score (nSPS) is 11.0. The van der Waals surface area contributed by atoms with E-state index in [1.165, 1.54) is 12.8 Å². The molecule has 6 heteroatoms. The minimum Gasteiger partial charge on any atom is -0.357 e. The van der Waals surface area contributed by atoms with Crippen LogP contribution in [0.5, 0.6) is 0 Å². The number of hydrogen-bond acceptors (Lipinski definition) is 2. The number of nitrogens with one attached hydrogen (secondary N) is 2. The molecular weight excluding hydrogens is 451 g/mol. The van der Waals surface area contributed by atoms with Crippen molar-refractivity contribution in [1.82, 2.24) is 15.2 Å². The highest BCUT2D eigenvalue weighted by Crippen LogP contribution is 2.07.